The summed E-state index contributed by atoms with van der Waals surface area (Å²) in [7, 11) is 0. The monoisotopic (exact) mass is 392 g/mol. The van der Waals surface area contributed by atoms with Gasteiger partial charge >= 0.3 is 5.69 Å². The highest BCUT2D eigenvalue weighted by atomic mass is 32.2. The molecule has 0 bridgehead atoms. The first-order valence-corrected chi connectivity index (χ1v) is 10.2. The van der Waals surface area contributed by atoms with Crippen molar-refractivity contribution in [3.8, 4) is 0 Å². The smallest absolute Gasteiger partial charge is 0.343 e. The number of H-pyrrole nitrogens is 1. The zero-order valence-corrected chi connectivity index (χ0v) is 16.3. The van der Waals surface area contributed by atoms with Gasteiger partial charge in [-0.05, 0) is 18.6 Å². The first kappa shape index (κ1) is 19.7. The Hall–Kier alpha value is -2.10. The normalized spacial score (nSPS) is 15.0. The summed E-state index contributed by atoms with van der Waals surface area (Å²) in [5.41, 5.74) is 1.78. The fourth-order valence-corrected chi connectivity index (χ4v) is 3.77. The Balaban J connectivity index is 1.48. The molecular weight excluding hydrogens is 366 g/mol. The third-order valence-corrected chi connectivity index (χ3v) is 5.37. The van der Waals surface area contributed by atoms with Crippen molar-refractivity contribution >= 4 is 23.4 Å². The fourth-order valence-electron chi connectivity index (χ4n) is 2.99. The topological polar surface area (TPSA) is 93.4 Å². The van der Waals surface area contributed by atoms with E-state index in [-0.39, 0.29) is 17.3 Å². The second kappa shape index (κ2) is 9.72. The molecule has 1 aromatic heterocycles. The van der Waals surface area contributed by atoms with Crippen LogP contribution in [0.15, 0.2) is 34.2 Å². The molecule has 2 heterocycles. The van der Waals surface area contributed by atoms with Crippen molar-refractivity contribution < 1.29 is 14.4 Å². The molecular formula is C18H26N5O3S+. The number of anilines is 1. The lowest BCUT2D eigenvalue weighted by molar-refractivity contribution is -0.921. The molecule has 0 aliphatic carbocycles. The lowest BCUT2D eigenvalue weighted by Crippen LogP contribution is -3.12. The molecule has 1 aliphatic rings. The second-order valence-electron chi connectivity index (χ2n) is 6.54. The molecule has 1 saturated heterocycles. The number of hydrogen-bond acceptors (Lipinski definition) is 5. The molecule has 1 fully saturated rings. The molecule has 9 heteroatoms. The summed E-state index contributed by atoms with van der Waals surface area (Å²) in [6.45, 7) is 7.27. The maximum absolute atomic E-state index is 12.2. The highest BCUT2D eigenvalue weighted by Crippen LogP contribution is 2.15. The van der Waals surface area contributed by atoms with E-state index in [1.54, 1.807) is 4.57 Å². The first-order valence-electron chi connectivity index (χ1n) is 9.24. The number of thioether (sulfide) groups is 1. The molecule has 8 nitrogen and oxygen atoms in total. The van der Waals surface area contributed by atoms with E-state index in [2.05, 4.69) is 27.6 Å². The number of aromatic amines is 1. The van der Waals surface area contributed by atoms with Gasteiger partial charge < -0.3 is 15.0 Å². The summed E-state index contributed by atoms with van der Waals surface area (Å²) in [5.74, 6) is 0.0817. The van der Waals surface area contributed by atoms with Crippen molar-refractivity contribution in [2.24, 2.45) is 0 Å². The van der Waals surface area contributed by atoms with E-state index in [9.17, 15) is 9.59 Å². The number of ether oxygens (including phenoxy) is 1. The largest absolute Gasteiger partial charge is 0.370 e. The Bertz CT molecular complexity index is 796. The predicted octanol–water partition coefficient (Wildman–Crippen LogP) is 0.127. The van der Waals surface area contributed by atoms with Gasteiger partial charge in [-0.3, -0.25) is 9.36 Å². The molecule has 1 amide bonds. The lowest BCUT2D eigenvalue weighted by atomic mass is 10.2. The van der Waals surface area contributed by atoms with Crippen molar-refractivity contribution in [3.05, 3.63) is 40.3 Å². The van der Waals surface area contributed by atoms with Crippen molar-refractivity contribution in [2.75, 3.05) is 37.4 Å². The summed E-state index contributed by atoms with van der Waals surface area (Å²) < 4.78 is 6.94. The zero-order valence-electron chi connectivity index (χ0n) is 15.5. The van der Waals surface area contributed by atoms with Gasteiger partial charge in [-0.15, -0.1) is 5.10 Å². The highest BCUT2D eigenvalue weighted by molar-refractivity contribution is 7.99. The molecule has 0 unspecified atom stereocenters. The van der Waals surface area contributed by atoms with Crippen molar-refractivity contribution in [1.82, 2.24) is 14.8 Å². The minimum atomic E-state index is -0.238. The number of rotatable bonds is 8. The molecule has 1 aromatic carbocycles. The van der Waals surface area contributed by atoms with E-state index in [1.807, 2.05) is 19.1 Å². The van der Waals surface area contributed by atoms with Crippen LogP contribution >= 0.6 is 11.8 Å². The molecule has 0 radical (unpaired) electrons. The van der Waals surface area contributed by atoms with Gasteiger partial charge in [0.25, 0.3) is 0 Å². The number of aromatic nitrogens is 3. The van der Waals surface area contributed by atoms with Crippen LogP contribution < -0.4 is 15.9 Å². The van der Waals surface area contributed by atoms with Crippen LogP contribution in [0.25, 0.3) is 0 Å². The third-order valence-electron chi connectivity index (χ3n) is 4.39. The van der Waals surface area contributed by atoms with E-state index in [0.29, 0.717) is 11.7 Å². The standard InChI is InChI=1S/C18H25N5O3S/c1-2-7-23-17(25)20-21-18(23)27-13-16(24)19-15-5-3-14(4-6-15)12-22-8-10-26-11-9-22/h3-6H,2,7-13H2,1H3,(H,19,24)(H,20,25)/p+1. The van der Waals surface area contributed by atoms with Crippen LogP contribution in [0, 0.1) is 0 Å². The zero-order chi connectivity index (χ0) is 19.1. The van der Waals surface area contributed by atoms with Gasteiger partial charge in [-0.2, -0.15) is 0 Å². The van der Waals surface area contributed by atoms with E-state index in [0.717, 1.165) is 45.0 Å². The van der Waals surface area contributed by atoms with Crippen molar-refractivity contribution in [2.45, 2.75) is 31.6 Å². The molecule has 27 heavy (non-hydrogen) atoms. The number of amides is 1. The number of carbonyl (C=O) groups excluding carboxylic acids is 1. The number of hydrogen-bond donors (Lipinski definition) is 3. The van der Waals surface area contributed by atoms with Gasteiger partial charge in [0.15, 0.2) is 5.16 Å². The van der Waals surface area contributed by atoms with Crippen LogP contribution in [0.2, 0.25) is 0 Å². The average molecular weight is 393 g/mol. The number of nitrogens with zero attached hydrogens (tertiary/aromatic N) is 2. The maximum atomic E-state index is 12.2. The van der Waals surface area contributed by atoms with Crippen molar-refractivity contribution in [1.29, 1.82) is 0 Å². The molecule has 3 N–H and O–H groups in total. The number of benzene rings is 1. The van der Waals surface area contributed by atoms with E-state index in [4.69, 9.17) is 4.74 Å². The fraction of sp³-hybridized carbons (Fsp3) is 0.500. The summed E-state index contributed by atoms with van der Waals surface area (Å²) >= 11 is 1.26. The Morgan fingerprint density at radius 2 is 2.07 bits per heavy atom. The van der Waals surface area contributed by atoms with Crippen LogP contribution in [0.5, 0.6) is 0 Å². The lowest BCUT2D eigenvalue weighted by Gasteiger charge is -2.23. The third kappa shape index (κ3) is 5.69. The van der Waals surface area contributed by atoms with E-state index in [1.165, 1.54) is 22.2 Å². The minimum Gasteiger partial charge on any atom is -0.370 e. The average Bonchev–Trinajstić information content (AvgIpc) is 3.03. The van der Waals surface area contributed by atoms with E-state index >= 15 is 0 Å². The van der Waals surface area contributed by atoms with Gasteiger partial charge in [0.1, 0.15) is 19.6 Å². The maximum Gasteiger partial charge on any atom is 0.343 e. The highest BCUT2D eigenvalue weighted by Gasteiger charge is 2.14. The molecule has 3 rings (SSSR count). The molecule has 0 saturated carbocycles. The van der Waals surface area contributed by atoms with Crippen LogP contribution in [-0.2, 0) is 22.6 Å². The summed E-state index contributed by atoms with van der Waals surface area (Å²) in [4.78, 5) is 25.4. The Labute approximate surface area is 162 Å². The first-order chi connectivity index (χ1) is 13.2. The van der Waals surface area contributed by atoms with Gasteiger partial charge in [-0.1, -0.05) is 30.8 Å². The van der Waals surface area contributed by atoms with Crippen molar-refractivity contribution in [3.63, 3.8) is 0 Å². The van der Waals surface area contributed by atoms with Gasteiger partial charge in [-0.25, -0.2) is 9.89 Å². The minimum absolute atomic E-state index is 0.120. The van der Waals surface area contributed by atoms with E-state index < -0.39 is 0 Å². The quantitative estimate of drug-likeness (QED) is 0.555. The molecule has 146 valence electrons. The summed E-state index contributed by atoms with van der Waals surface area (Å²) in [5, 5.41) is 9.84. The Morgan fingerprint density at radius 3 is 2.78 bits per heavy atom. The number of nitrogens with one attached hydrogen (secondary N) is 3. The molecule has 2 aromatic rings. The van der Waals surface area contributed by atoms with Crippen LogP contribution in [0.1, 0.15) is 18.9 Å². The van der Waals surface area contributed by atoms with Gasteiger partial charge in [0, 0.05) is 17.8 Å². The molecule has 0 atom stereocenters. The molecule has 1 aliphatic heterocycles. The predicted molar refractivity (Wildman–Crippen MR) is 104 cm³/mol. The number of quaternary nitrogens is 1. The number of morpholine rings is 1. The van der Waals surface area contributed by atoms with Crippen LogP contribution in [-0.4, -0.2) is 52.7 Å². The summed E-state index contributed by atoms with van der Waals surface area (Å²) in [6, 6.07) is 7.97. The Morgan fingerprint density at radius 1 is 1.33 bits per heavy atom. The Kier molecular flexibility index (Phi) is 7.08. The van der Waals surface area contributed by atoms with Gasteiger partial charge in [0.05, 0.1) is 19.0 Å². The summed E-state index contributed by atoms with van der Waals surface area (Å²) in [6.07, 6.45) is 0.831. The number of carbonyl (C=O) groups is 1. The van der Waals surface area contributed by atoms with Crippen LogP contribution in [0.4, 0.5) is 5.69 Å². The second-order valence-corrected chi connectivity index (χ2v) is 7.48. The van der Waals surface area contributed by atoms with Crippen LogP contribution in [0.3, 0.4) is 0 Å². The molecule has 0 spiro atoms. The SMILES string of the molecule is CCCn1c(SCC(=O)Nc2ccc(C[NH+]3CCOCC3)cc2)n[nH]c1=O. The van der Waals surface area contributed by atoms with Gasteiger partial charge in [0.2, 0.25) is 5.91 Å².